The summed E-state index contributed by atoms with van der Waals surface area (Å²) in [4.78, 5) is 23.2. The number of nitrogens with zero attached hydrogens (tertiary/aromatic N) is 3. The minimum absolute atomic E-state index is 0.00938. The third-order valence-electron chi connectivity index (χ3n) is 3.99. The van der Waals surface area contributed by atoms with Gasteiger partial charge in [0.15, 0.2) is 0 Å². The number of anilines is 2. The van der Waals surface area contributed by atoms with Gasteiger partial charge in [-0.05, 0) is 31.0 Å². The predicted octanol–water partition coefficient (Wildman–Crippen LogP) is 2.34. The quantitative estimate of drug-likeness (QED) is 0.938. The Hall–Kier alpha value is -2.63. The minimum Gasteiger partial charge on any atom is -0.495 e. The number of carbonyl (C=O) groups is 1. The van der Waals surface area contributed by atoms with Crippen LogP contribution in [0.25, 0.3) is 0 Å². The molecule has 1 aromatic carbocycles. The van der Waals surface area contributed by atoms with Gasteiger partial charge in [-0.1, -0.05) is 12.1 Å². The van der Waals surface area contributed by atoms with Crippen LogP contribution in [0.3, 0.4) is 0 Å². The summed E-state index contributed by atoms with van der Waals surface area (Å²) in [6.07, 6.45) is 5.26. The van der Waals surface area contributed by atoms with E-state index < -0.39 is 0 Å². The van der Waals surface area contributed by atoms with Crippen molar-refractivity contribution >= 4 is 17.5 Å². The number of para-hydroxylation sites is 2. The lowest BCUT2D eigenvalue weighted by Gasteiger charge is -2.32. The van der Waals surface area contributed by atoms with E-state index in [0.29, 0.717) is 23.9 Å². The zero-order valence-electron chi connectivity index (χ0n) is 13.1. The first-order valence-corrected chi connectivity index (χ1v) is 7.74. The molecule has 1 aliphatic heterocycles. The Kier molecular flexibility index (Phi) is 4.71. The lowest BCUT2D eigenvalue weighted by Crippen LogP contribution is -2.41. The molecule has 0 saturated carbocycles. The van der Waals surface area contributed by atoms with E-state index in [1.807, 2.05) is 24.3 Å². The summed E-state index contributed by atoms with van der Waals surface area (Å²) in [7, 11) is 1.60. The molecule has 1 N–H and O–H groups in total. The van der Waals surface area contributed by atoms with E-state index in [9.17, 15) is 4.79 Å². The summed E-state index contributed by atoms with van der Waals surface area (Å²) < 4.78 is 5.28. The minimum atomic E-state index is -0.0857. The molecule has 0 unspecified atom stereocenters. The Morgan fingerprint density at radius 2 is 2.04 bits per heavy atom. The summed E-state index contributed by atoms with van der Waals surface area (Å²) in [6, 6.07) is 9.23. The van der Waals surface area contributed by atoms with Crippen LogP contribution in [0.5, 0.6) is 5.75 Å². The van der Waals surface area contributed by atoms with Gasteiger partial charge in [-0.3, -0.25) is 4.79 Å². The topological polar surface area (TPSA) is 67.3 Å². The van der Waals surface area contributed by atoms with Gasteiger partial charge in [-0.2, -0.15) is 0 Å². The Labute approximate surface area is 135 Å². The maximum absolute atomic E-state index is 12.6. The molecule has 1 fully saturated rings. The van der Waals surface area contributed by atoms with Crippen molar-refractivity contribution in [3.63, 3.8) is 0 Å². The zero-order valence-corrected chi connectivity index (χ0v) is 13.1. The number of hydrogen-bond acceptors (Lipinski definition) is 5. The molecule has 23 heavy (non-hydrogen) atoms. The van der Waals surface area contributed by atoms with Gasteiger partial charge in [0.25, 0.3) is 0 Å². The molecule has 120 valence electrons. The average molecular weight is 312 g/mol. The monoisotopic (exact) mass is 312 g/mol. The molecule has 1 aliphatic rings. The van der Waals surface area contributed by atoms with E-state index in [-0.39, 0.29) is 11.8 Å². The second-order valence-electron chi connectivity index (χ2n) is 5.52. The van der Waals surface area contributed by atoms with Crippen molar-refractivity contribution in [2.75, 3.05) is 30.4 Å². The molecular weight excluding hydrogens is 292 g/mol. The van der Waals surface area contributed by atoms with E-state index >= 15 is 0 Å². The van der Waals surface area contributed by atoms with Gasteiger partial charge in [0.2, 0.25) is 11.9 Å². The largest absolute Gasteiger partial charge is 0.495 e. The van der Waals surface area contributed by atoms with E-state index in [2.05, 4.69) is 20.2 Å². The summed E-state index contributed by atoms with van der Waals surface area (Å²) in [5.74, 6) is 1.27. The van der Waals surface area contributed by atoms with Crippen LogP contribution in [-0.2, 0) is 4.79 Å². The fourth-order valence-corrected chi connectivity index (χ4v) is 2.81. The van der Waals surface area contributed by atoms with Crippen LogP contribution < -0.4 is 15.0 Å². The molecule has 1 saturated heterocycles. The molecule has 1 aromatic heterocycles. The summed E-state index contributed by atoms with van der Waals surface area (Å²) in [5.41, 5.74) is 0.702. The van der Waals surface area contributed by atoms with Crippen molar-refractivity contribution in [3.05, 3.63) is 42.7 Å². The van der Waals surface area contributed by atoms with Crippen molar-refractivity contribution in [1.82, 2.24) is 9.97 Å². The summed E-state index contributed by atoms with van der Waals surface area (Å²) in [5, 5.41) is 2.97. The van der Waals surface area contributed by atoms with Gasteiger partial charge in [0.05, 0.1) is 18.7 Å². The first kappa shape index (κ1) is 15.3. The molecule has 0 spiro atoms. The number of methoxy groups -OCH3 is 1. The number of hydrogen-bond donors (Lipinski definition) is 1. The molecule has 0 radical (unpaired) electrons. The fraction of sp³-hybridized carbons (Fsp3) is 0.353. The van der Waals surface area contributed by atoms with Crippen LogP contribution in [0.2, 0.25) is 0 Å². The Balaban J connectivity index is 1.68. The highest BCUT2D eigenvalue weighted by molar-refractivity contribution is 5.94. The molecule has 3 rings (SSSR count). The lowest BCUT2D eigenvalue weighted by atomic mass is 9.97. The maximum Gasteiger partial charge on any atom is 0.229 e. The Bertz CT molecular complexity index is 663. The van der Waals surface area contributed by atoms with Crippen LogP contribution in [0.1, 0.15) is 12.8 Å². The van der Waals surface area contributed by atoms with E-state index in [1.165, 1.54) is 0 Å². The number of piperidine rings is 1. The Morgan fingerprint density at radius 1 is 1.26 bits per heavy atom. The van der Waals surface area contributed by atoms with Gasteiger partial charge in [-0.15, -0.1) is 0 Å². The number of rotatable bonds is 4. The highest BCUT2D eigenvalue weighted by Gasteiger charge is 2.27. The highest BCUT2D eigenvalue weighted by atomic mass is 16.5. The maximum atomic E-state index is 12.6. The smallest absolute Gasteiger partial charge is 0.229 e. The molecule has 6 nitrogen and oxygen atoms in total. The van der Waals surface area contributed by atoms with Gasteiger partial charge in [0.1, 0.15) is 5.75 Å². The second kappa shape index (κ2) is 7.09. The van der Waals surface area contributed by atoms with Crippen molar-refractivity contribution in [2.24, 2.45) is 5.92 Å². The lowest BCUT2D eigenvalue weighted by molar-refractivity contribution is -0.120. The molecule has 2 aromatic rings. The highest BCUT2D eigenvalue weighted by Crippen LogP contribution is 2.26. The molecule has 2 heterocycles. The number of amides is 1. The third kappa shape index (κ3) is 3.59. The molecule has 6 heteroatoms. The summed E-state index contributed by atoms with van der Waals surface area (Å²) in [6.45, 7) is 1.51. The molecule has 0 bridgehead atoms. The number of benzene rings is 1. The zero-order chi connectivity index (χ0) is 16.1. The van der Waals surface area contributed by atoms with Crippen molar-refractivity contribution in [2.45, 2.75) is 12.8 Å². The second-order valence-corrected chi connectivity index (χ2v) is 5.52. The first-order valence-electron chi connectivity index (χ1n) is 7.74. The Morgan fingerprint density at radius 3 is 2.83 bits per heavy atom. The normalized spacial score (nSPS) is 17.6. The number of nitrogens with one attached hydrogen (secondary N) is 1. The van der Waals surface area contributed by atoms with Crippen molar-refractivity contribution in [1.29, 1.82) is 0 Å². The van der Waals surface area contributed by atoms with Gasteiger partial charge < -0.3 is 15.0 Å². The predicted molar refractivity (Wildman–Crippen MR) is 88.6 cm³/mol. The number of aromatic nitrogens is 2. The molecule has 0 aliphatic carbocycles. The molecule has 1 amide bonds. The van der Waals surface area contributed by atoms with E-state index in [4.69, 9.17) is 4.74 Å². The van der Waals surface area contributed by atoms with Crippen LogP contribution in [0.4, 0.5) is 11.6 Å². The van der Waals surface area contributed by atoms with E-state index in [0.717, 1.165) is 19.4 Å². The first-order chi connectivity index (χ1) is 11.3. The van der Waals surface area contributed by atoms with E-state index in [1.54, 1.807) is 25.6 Å². The molecular formula is C17H20N4O2. The van der Waals surface area contributed by atoms with Crippen molar-refractivity contribution < 1.29 is 9.53 Å². The van der Waals surface area contributed by atoms with Crippen LogP contribution in [0.15, 0.2) is 42.7 Å². The van der Waals surface area contributed by atoms with Gasteiger partial charge >= 0.3 is 0 Å². The number of ether oxygens (including phenoxy) is 1. The number of carbonyl (C=O) groups excluding carboxylic acids is 1. The van der Waals surface area contributed by atoms with Crippen LogP contribution in [0, 0.1) is 5.92 Å². The van der Waals surface area contributed by atoms with Gasteiger partial charge in [0, 0.05) is 25.5 Å². The fourth-order valence-electron chi connectivity index (χ4n) is 2.81. The summed E-state index contributed by atoms with van der Waals surface area (Å²) >= 11 is 0. The van der Waals surface area contributed by atoms with Crippen molar-refractivity contribution in [3.8, 4) is 5.75 Å². The third-order valence-corrected chi connectivity index (χ3v) is 3.99. The average Bonchev–Trinajstić information content (AvgIpc) is 2.63. The van der Waals surface area contributed by atoms with Crippen LogP contribution >= 0.6 is 0 Å². The standard InChI is InChI=1S/C17H20N4O2/c1-23-15-8-3-2-7-14(15)20-16(22)13-6-4-11-21(12-13)17-18-9-5-10-19-17/h2-3,5,7-10,13H,4,6,11-12H2,1H3,(H,20,22)/t13-/m0/s1. The van der Waals surface area contributed by atoms with Crippen LogP contribution in [-0.4, -0.2) is 36.1 Å². The SMILES string of the molecule is COc1ccccc1NC(=O)[C@H]1CCCN(c2ncccn2)C1. The molecule has 1 atom stereocenters. The van der Waals surface area contributed by atoms with Gasteiger partial charge in [-0.25, -0.2) is 9.97 Å².